The third kappa shape index (κ3) is 4.22. The molecule has 0 bridgehead atoms. The molecule has 0 N–H and O–H groups in total. The van der Waals surface area contributed by atoms with Crippen molar-refractivity contribution in [1.82, 2.24) is 0 Å². The maximum Gasteiger partial charge on any atom is 0.247 e. The van der Waals surface area contributed by atoms with Crippen LogP contribution in [0.1, 0.15) is 104 Å². The van der Waals surface area contributed by atoms with Gasteiger partial charge in [-0.2, -0.15) is 0 Å². The SMILES string of the molecule is [Si]OC(c1ccccc1)c1cccc(C2CCCCC2)c1C1CCCCC1. The summed E-state index contributed by atoms with van der Waals surface area (Å²) >= 11 is 0. The second-order valence-corrected chi connectivity index (χ2v) is 8.66. The van der Waals surface area contributed by atoms with Gasteiger partial charge in [0.25, 0.3) is 0 Å². The molecule has 1 atom stereocenters. The van der Waals surface area contributed by atoms with Gasteiger partial charge < -0.3 is 4.43 Å². The van der Waals surface area contributed by atoms with E-state index in [1.54, 1.807) is 11.1 Å². The van der Waals surface area contributed by atoms with E-state index >= 15 is 0 Å². The highest BCUT2D eigenvalue weighted by molar-refractivity contribution is 5.98. The summed E-state index contributed by atoms with van der Waals surface area (Å²) in [6, 6.07) is 17.7. The zero-order valence-corrected chi connectivity index (χ0v) is 17.3. The molecule has 27 heavy (non-hydrogen) atoms. The van der Waals surface area contributed by atoms with Crippen molar-refractivity contribution < 1.29 is 4.43 Å². The van der Waals surface area contributed by atoms with Gasteiger partial charge in [0.2, 0.25) is 10.5 Å². The first kappa shape index (κ1) is 19.0. The average Bonchev–Trinajstić information content (AvgIpc) is 2.76. The fourth-order valence-electron chi connectivity index (χ4n) is 5.40. The minimum Gasteiger partial charge on any atom is -0.408 e. The van der Waals surface area contributed by atoms with Crippen molar-refractivity contribution in [3.63, 3.8) is 0 Å². The van der Waals surface area contributed by atoms with E-state index in [-0.39, 0.29) is 6.10 Å². The van der Waals surface area contributed by atoms with E-state index in [0.29, 0.717) is 5.92 Å². The first-order valence-electron chi connectivity index (χ1n) is 10.9. The Morgan fingerprint density at radius 2 is 1.33 bits per heavy atom. The molecule has 0 saturated heterocycles. The van der Waals surface area contributed by atoms with Crippen LogP contribution in [0.15, 0.2) is 48.5 Å². The van der Waals surface area contributed by atoms with Crippen LogP contribution in [0.4, 0.5) is 0 Å². The van der Waals surface area contributed by atoms with Gasteiger partial charge in [0.1, 0.15) is 0 Å². The molecule has 141 valence electrons. The molecule has 2 saturated carbocycles. The Morgan fingerprint density at radius 1 is 0.704 bits per heavy atom. The van der Waals surface area contributed by atoms with E-state index in [1.807, 2.05) is 0 Å². The number of hydrogen-bond acceptors (Lipinski definition) is 1. The van der Waals surface area contributed by atoms with Crippen LogP contribution in [0.25, 0.3) is 0 Å². The predicted molar refractivity (Wildman–Crippen MR) is 113 cm³/mol. The molecule has 1 unspecified atom stereocenters. The van der Waals surface area contributed by atoms with Crippen LogP contribution in [0.5, 0.6) is 0 Å². The standard InChI is InChI=1S/C25H31OSi/c27-26-25(21-15-8-3-9-16-21)23-18-10-17-22(19-11-4-1-5-12-19)24(23)20-13-6-2-7-14-20/h3,8-10,15-20,25H,1-2,4-7,11-14H2. The van der Waals surface area contributed by atoms with Crippen LogP contribution in [-0.4, -0.2) is 10.5 Å². The van der Waals surface area contributed by atoms with Gasteiger partial charge in [0, 0.05) is 0 Å². The predicted octanol–water partition coefficient (Wildman–Crippen LogP) is 6.97. The Labute approximate surface area is 168 Å². The van der Waals surface area contributed by atoms with Gasteiger partial charge in [-0.3, -0.25) is 0 Å². The molecular weight excluding hydrogens is 344 g/mol. The molecule has 0 amide bonds. The van der Waals surface area contributed by atoms with Gasteiger partial charge in [-0.15, -0.1) is 0 Å². The average molecular weight is 376 g/mol. The number of rotatable bonds is 5. The first-order chi connectivity index (χ1) is 13.4. The molecule has 2 heteroatoms. The van der Waals surface area contributed by atoms with Crippen LogP contribution in [0.2, 0.25) is 0 Å². The van der Waals surface area contributed by atoms with Crippen molar-refractivity contribution in [2.24, 2.45) is 0 Å². The lowest BCUT2D eigenvalue weighted by Crippen LogP contribution is -2.17. The minimum absolute atomic E-state index is 0.0386. The molecule has 0 aliphatic heterocycles. The van der Waals surface area contributed by atoms with Crippen molar-refractivity contribution >= 4 is 10.5 Å². The van der Waals surface area contributed by atoms with Crippen molar-refractivity contribution in [3.8, 4) is 0 Å². The molecule has 3 radical (unpaired) electrons. The molecule has 0 heterocycles. The quantitative estimate of drug-likeness (QED) is 0.513. The van der Waals surface area contributed by atoms with E-state index in [4.69, 9.17) is 4.43 Å². The molecule has 2 aliphatic carbocycles. The first-order valence-corrected chi connectivity index (χ1v) is 11.3. The monoisotopic (exact) mass is 375 g/mol. The lowest BCUT2D eigenvalue weighted by Gasteiger charge is -2.33. The molecule has 1 nitrogen and oxygen atoms in total. The summed E-state index contributed by atoms with van der Waals surface area (Å²) in [6.45, 7) is 0. The fraction of sp³-hybridized carbons (Fsp3) is 0.520. The van der Waals surface area contributed by atoms with E-state index in [1.165, 1.54) is 75.3 Å². The van der Waals surface area contributed by atoms with Crippen LogP contribution in [0, 0.1) is 0 Å². The third-order valence-corrected chi connectivity index (χ3v) is 6.97. The molecule has 4 rings (SSSR count). The van der Waals surface area contributed by atoms with Crippen molar-refractivity contribution in [2.75, 3.05) is 0 Å². The topological polar surface area (TPSA) is 9.23 Å². The normalized spacial score (nSPS) is 20.5. The van der Waals surface area contributed by atoms with Gasteiger partial charge in [-0.05, 0) is 59.8 Å². The minimum atomic E-state index is -0.0386. The number of benzene rings is 2. The fourth-order valence-corrected chi connectivity index (χ4v) is 5.66. The van der Waals surface area contributed by atoms with E-state index in [2.05, 4.69) is 59.0 Å². The molecule has 2 aromatic carbocycles. The molecule has 0 aromatic heterocycles. The Kier molecular flexibility index (Phi) is 6.46. The van der Waals surface area contributed by atoms with Crippen molar-refractivity contribution in [1.29, 1.82) is 0 Å². The summed E-state index contributed by atoms with van der Waals surface area (Å²) in [7, 11) is 3.42. The summed E-state index contributed by atoms with van der Waals surface area (Å²) in [5.74, 6) is 1.43. The maximum atomic E-state index is 5.90. The largest absolute Gasteiger partial charge is 0.408 e. The van der Waals surface area contributed by atoms with Gasteiger partial charge in [0.15, 0.2) is 0 Å². The third-order valence-electron chi connectivity index (χ3n) is 6.73. The molecule has 2 fully saturated rings. The Balaban J connectivity index is 1.79. The lowest BCUT2D eigenvalue weighted by atomic mass is 9.73. The van der Waals surface area contributed by atoms with Crippen molar-refractivity contribution in [2.45, 2.75) is 82.1 Å². The summed E-state index contributed by atoms with van der Waals surface area (Å²) in [4.78, 5) is 0. The van der Waals surface area contributed by atoms with E-state index < -0.39 is 0 Å². The van der Waals surface area contributed by atoms with Gasteiger partial charge in [0.05, 0.1) is 6.10 Å². The zero-order valence-electron chi connectivity index (χ0n) is 16.3. The van der Waals surface area contributed by atoms with Gasteiger partial charge >= 0.3 is 0 Å². The zero-order chi connectivity index (χ0) is 18.5. The molecule has 2 aliphatic rings. The second-order valence-electron chi connectivity index (χ2n) is 8.43. The molecular formula is C25H31OSi. The Hall–Kier alpha value is -1.38. The van der Waals surface area contributed by atoms with Crippen LogP contribution < -0.4 is 0 Å². The summed E-state index contributed by atoms with van der Waals surface area (Å²) in [6.07, 6.45) is 13.7. The maximum absolute atomic E-state index is 5.90. The van der Waals surface area contributed by atoms with E-state index in [0.717, 1.165) is 5.92 Å². The lowest BCUT2D eigenvalue weighted by molar-refractivity contribution is 0.269. The van der Waals surface area contributed by atoms with Gasteiger partial charge in [-0.1, -0.05) is 87.1 Å². The van der Waals surface area contributed by atoms with Crippen molar-refractivity contribution in [3.05, 3.63) is 70.8 Å². The van der Waals surface area contributed by atoms with E-state index in [9.17, 15) is 0 Å². The van der Waals surface area contributed by atoms with Crippen LogP contribution in [-0.2, 0) is 4.43 Å². The summed E-state index contributed by atoms with van der Waals surface area (Å²) in [5, 5.41) is 0. The highest BCUT2D eigenvalue weighted by Gasteiger charge is 2.29. The Bertz CT molecular complexity index is 714. The highest BCUT2D eigenvalue weighted by atomic mass is 28.2. The van der Waals surface area contributed by atoms with Gasteiger partial charge in [-0.25, -0.2) is 0 Å². The highest BCUT2D eigenvalue weighted by Crippen LogP contribution is 2.45. The number of hydrogen-bond donors (Lipinski definition) is 0. The molecule has 2 aromatic rings. The Morgan fingerprint density at radius 3 is 1.96 bits per heavy atom. The summed E-state index contributed by atoms with van der Waals surface area (Å²) < 4.78 is 5.90. The molecule has 0 spiro atoms. The second kappa shape index (κ2) is 9.21. The summed E-state index contributed by atoms with van der Waals surface area (Å²) in [5.41, 5.74) is 5.86. The van der Waals surface area contributed by atoms with Crippen LogP contribution in [0.3, 0.4) is 0 Å². The smallest absolute Gasteiger partial charge is 0.247 e. The van der Waals surface area contributed by atoms with Crippen LogP contribution >= 0.6 is 0 Å².